The number of carbonyl (C=O) groups is 1. The summed E-state index contributed by atoms with van der Waals surface area (Å²) in [6.45, 7) is 4.69. The van der Waals surface area contributed by atoms with Gasteiger partial charge in [0.05, 0.1) is 13.2 Å². The lowest BCUT2D eigenvalue weighted by Crippen LogP contribution is -2.41. The van der Waals surface area contributed by atoms with E-state index in [1.165, 1.54) is 0 Å². The number of carbonyl (C=O) groups excluding carboxylic acids is 1. The number of urea groups is 1. The van der Waals surface area contributed by atoms with E-state index in [1.807, 2.05) is 13.8 Å². The highest BCUT2D eigenvalue weighted by Gasteiger charge is 2.08. The normalized spacial score (nSPS) is 10.2. The second-order valence-corrected chi connectivity index (χ2v) is 2.45. The average Bonchev–Trinajstić information content (AvgIpc) is 2.21. The molecular formula is C7H16N4O3. The molecule has 0 aromatic heterocycles. The molecule has 0 aliphatic heterocycles. The first-order chi connectivity index (χ1) is 6.74. The van der Waals surface area contributed by atoms with Crippen LogP contribution in [0.4, 0.5) is 4.79 Å². The summed E-state index contributed by atoms with van der Waals surface area (Å²) in [4.78, 5) is 20.7. The van der Waals surface area contributed by atoms with Crippen molar-refractivity contribution in [2.24, 2.45) is 5.11 Å². The summed E-state index contributed by atoms with van der Waals surface area (Å²) in [6.07, 6.45) is 1.58. The Morgan fingerprint density at radius 1 is 1.36 bits per heavy atom. The van der Waals surface area contributed by atoms with E-state index < -0.39 is 6.03 Å². The molecule has 0 unspecified atom stereocenters. The smallest absolute Gasteiger partial charge is 0.256 e. The molecule has 0 fully saturated rings. The van der Waals surface area contributed by atoms with Gasteiger partial charge in [-0.15, -0.1) is 0 Å². The van der Waals surface area contributed by atoms with Crippen molar-refractivity contribution >= 4 is 6.03 Å². The van der Waals surface area contributed by atoms with Crippen LogP contribution in [0.2, 0.25) is 0 Å². The summed E-state index contributed by atoms with van der Waals surface area (Å²) < 4.78 is 0. The van der Waals surface area contributed by atoms with Gasteiger partial charge in [-0.1, -0.05) is 19.0 Å². The highest BCUT2D eigenvalue weighted by molar-refractivity contribution is 5.72. The number of rotatable bonds is 7. The Labute approximate surface area is 82.7 Å². The molecule has 0 aliphatic rings. The number of nitrogens with one attached hydrogen (secondary N) is 2. The van der Waals surface area contributed by atoms with Gasteiger partial charge >= 0.3 is 6.03 Å². The summed E-state index contributed by atoms with van der Waals surface area (Å²) in [5.41, 5.74) is 8.56. The summed E-state index contributed by atoms with van der Waals surface area (Å²) in [6, 6.07) is -0.836. The Morgan fingerprint density at radius 2 is 1.86 bits per heavy atom. The summed E-state index contributed by atoms with van der Waals surface area (Å²) in [5, 5.41) is 3.48. The van der Waals surface area contributed by atoms with Crippen LogP contribution < -0.4 is 5.43 Å². The minimum atomic E-state index is -0.836. The third-order valence-electron chi connectivity index (χ3n) is 1.11. The predicted molar refractivity (Wildman–Crippen MR) is 48.0 cm³/mol. The molecule has 7 heteroatoms. The van der Waals surface area contributed by atoms with E-state index in [4.69, 9.17) is 15.2 Å². The first-order valence-electron chi connectivity index (χ1n) is 4.48. The van der Waals surface area contributed by atoms with Crippen LogP contribution in [0.15, 0.2) is 5.11 Å². The van der Waals surface area contributed by atoms with E-state index >= 15 is 0 Å². The first kappa shape index (κ1) is 12.9. The highest BCUT2D eigenvalue weighted by atomic mass is 17.0. The first-order valence-corrected chi connectivity index (χ1v) is 4.48. The molecule has 82 valence electrons. The number of nitrogens with zero attached hydrogens (tertiary/aromatic N) is 2. The standard InChI is InChI=1S/C7H16N4O3/c1-3-5-13-11(14-6-4-2)10-7(12)9-8/h8H,3-6H2,1-2H3,(H,10,12). The SMILES string of the molecule is CCCON(NC(=O)N=N)OCCC. The Balaban J connectivity index is 3.82. The van der Waals surface area contributed by atoms with Gasteiger partial charge < -0.3 is 0 Å². The molecule has 2 N–H and O–H groups in total. The van der Waals surface area contributed by atoms with Crippen molar-refractivity contribution in [3.05, 3.63) is 0 Å². The fourth-order valence-electron chi connectivity index (χ4n) is 0.553. The van der Waals surface area contributed by atoms with Gasteiger partial charge in [0.1, 0.15) is 0 Å². The molecule has 14 heavy (non-hydrogen) atoms. The van der Waals surface area contributed by atoms with E-state index in [2.05, 4.69) is 10.5 Å². The van der Waals surface area contributed by atoms with E-state index in [1.54, 1.807) is 0 Å². The second-order valence-electron chi connectivity index (χ2n) is 2.45. The van der Waals surface area contributed by atoms with Crippen LogP contribution in [-0.4, -0.2) is 24.6 Å². The third kappa shape index (κ3) is 6.46. The topological polar surface area (TPSA) is 87.0 Å². The minimum absolute atomic E-state index is 0.419. The van der Waals surface area contributed by atoms with Crippen molar-refractivity contribution in [3.63, 3.8) is 0 Å². The zero-order valence-corrected chi connectivity index (χ0v) is 8.45. The maximum atomic E-state index is 10.7. The van der Waals surface area contributed by atoms with Crippen molar-refractivity contribution in [1.29, 1.82) is 5.53 Å². The predicted octanol–water partition coefficient (Wildman–Crippen LogP) is 1.63. The molecule has 0 saturated heterocycles. The van der Waals surface area contributed by atoms with E-state index in [9.17, 15) is 4.79 Å². The van der Waals surface area contributed by atoms with Crippen molar-refractivity contribution in [1.82, 2.24) is 10.8 Å². The maximum absolute atomic E-state index is 10.7. The van der Waals surface area contributed by atoms with Crippen LogP contribution in [0.3, 0.4) is 0 Å². The Bertz CT molecular complexity index is 168. The van der Waals surface area contributed by atoms with Gasteiger partial charge in [-0.2, -0.15) is 5.53 Å². The average molecular weight is 204 g/mol. The molecule has 0 aliphatic carbocycles. The molecular weight excluding hydrogens is 188 g/mol. The summed E-state index contributed by atoms with van der Waals surface area (Å²) in [7, 11) is 0. The molecule has 0 aromatic rings. The van der Waals surface area contributed by atoms with Gasteiger partial charge in [-0.25, -0.2) is 10.2 Å². The van der Waals surface area contributed by atoms with E-state index in [0.717, 1.165) is 18.2 Å². The quantitative estimate of drug-likeness (QED) is 0.487. The molecule has 0 rings (SSSR count). The molecule has 0 heterocycles. The van der Waals surface area contributed by atoms with Gasteiger partial charge in [-0.3, -0.25) is 9.68 Å². The lowest BCUT2D eigenvalue weighted by Gasteiger charge is -2.18. The van der Waals surface area contributed by atoms with Crippen molar-refractivity contribution in [2.75, 3.05) is 13.2 Å². The lowest BCUT2D eigenvalue weighted by atomic mass is 10.5. The van der Waals surface area contributed by atoms with Crippen LogP contribution in [0.5, 0.6) is 0 Å². The maximum Gasteiger partial charge on any atom is 0.377 e. The zero-order chi connectivity index (χ0) is 10.8. The Kier molecular flexibility index (Phi) is 7.90. The largest absolute Gasteiger partial charge is 0.377 e. The Hall–Kier alpha value is -1.05. The van der Waals surface area contributed by atoms with Gasteiger partial charge in [0, 0.05) is 5.34 Å². The molecule has 0 saturated carbocycles. The van der Waals surface area contributed by atoms with Crippen LogP contribution in [0, 0.1) is 5.53 Å². The zero-order valence-electron chi connectivity index (χ0n) is 8.45. The highest BCUT2D eigenvalue weighted by Crippen LogP contribution is 1.92. The van der Waals surface area contributed by atoms with E-state index in [0.29, 0.717) is 13.2 Å². The third-order valence-corrected chi connectivity index (χ3v) is 1.11. The van der Waals surface area contributed by atoms with Crippen LogP contribution in [-0.2, 0) is 9.68 Å². The van der Waals surface area contributed by atoms with E-state index in [-0.39, 0.29) is 0 Å². The number of hydrazine groups is 1. The molecule has 0 spiro atoms. The molecule has 0 bridgehead atoms. The number of amides is 2. The summed E-state index contributed by atoms with van der Waals surface area (Å²) in [5.74, 6) is 0. The lowest BCUT2D eigenvalue weighted by molar-refractivity contribution is -0.389. The van der Waals surface area contributed by atoms with Gasteiger partial charge in [0.15, 0.2) is 0 Å². The minimum Gasteiger partial charge on any atom is -0.256 e. The van der Waals surface area contributed by atoms with Gasteiger partial charge in [0.25, 0.3) is 0 Å². The molecule has 0 radical (unpaired) electrons. The molecule has 7 nitrogen and oxygen atoms in total. The second kappa shape index (κ2) is 8.54. The van der Waals surface area contributed by atoms with Crippen LogP contribution in [0.1, 0.15) is 26.7 Å². The van der Waals surface area contributed by atoms with Crippen molar-refractivity contribution < 1.29 is 14.5 Å². The van der Waals surface area contributed by atoms with Crippen molar-refractivity contribution in [2.45, 2.75) is 26.7 Å². The van der Waals surface area contributed by atoms with Crippen LogP contribution in [0.25, 0.3) is 0 Å². The van der Waals surface area contributed by atoms with Gasteiger partial charge in [-0.05, 0) is 12.8 Å². The summed E-state index contributed by atoms with van der Waals surface area (Å²) >= 11 is 0. The fraction of sp³-hybridized carbons (Fsp3) is 0.857. The fourth-order valence-corrected chi connectivity index (χ4v) is 0.553. The van der Waals surface area contributed by atoms with Crippen LogP contribution >= 0.6 is 0 Å². The van der Waals surface area contributed by atoms with Crippen molar-refractivity contribution in [3.8, 4) is 0 Å². The molecule has 0 atom stereocenters. The number of hydrogen-bond acceptors (Lipinski definition) is 5. The number of hydrogen-bond donors (Lipinski definition) is 2. The monoisotopic (exact) mass is 204 g/mol. The van der Waals surface area contributed by atoms with Gasteiger partial charge in [0.2, 0.25) is 0 Å². The molecule has 0 aromatic carbocycles. The molecule has 2 amide bonds. The Morgan fingerprint density at radius 3 is 2.21 bits per heavy atom.